The van der Waals surface area contributed by atoms with Gasteiger partial charge in [0.25, 0.3) is 0 Å². The third kappa shape index (κ3) is 3.01. The lowest BCUT2D eigenvalue weighted by Crippen LogP contribution is -2.15. The van der Waals surface area contributed by atoms with Crippen molar-refractivity contribution in [2.24, 2.45) is 0 Å². The second kappa shape index (κ2) is 6.00. The van der Waals surface area contributed by atoms with Crippen LogP contribution in [0.3, 0.4) is 0 Å². The minimum atomic E-state index is -1.52. The summed E-state index contributed by atoms with van der Waals surface area (Å²) in [4.78, 5) is 11.6. The quantitative estimate of drug-likeness (QED) is 0.505. The predicted molar refractivity (Wildman–Crippen MR) is 58.7 cm³/mol. The van der Waals surface area contributed by atoms with Gasteiger partial charge in [-0.25, -0.2) is 4.79 Å². The van der Waals surface area contributed by atoms with E-state index >= 15 is 0 Å². The van der Waals surface area contributed by atoms with Gasteiger partial charge in [-0.1, -0.05) is 5.92 Å². The van der Waals surface area contributed by atoms with Gasteiger partial charge in [0.15, 0.2) is 6.61 Å². The van der Waals surface area contributed by atoms with Crippen LogP contribution in [0.4, 0.5) is 4.79 Å². The lowest BCUT2D eigenvalue weighted by atomic mass is 10.8. The average molecular weight is 201 g/mol. The van der Waals surface area contributed by atoms with Crippen LogP contribution in [0.5, 0.6) is 0 Å². The zero-order chi connectivity index (χ0) is 10.3. The van der Waals surface area contributed by atoms with Gasteiger partial charge in [-0.3, -0.25) is 0 Å². The van der Waals surface area contributed by atoms with Gasteiger partial charge >= 0.3 is 5.71 Å². The minimum absolute atomic E-state index is 0.0436. The molecule has 0 spiro atoms. The topological polar surface area (TPSA) is 26.3 Å². The van der Waals surface area contributed by atoms with Gasteiger partial charge < -0.3 is 4.74 Å². The Kier molecular flexibility index (Phi) is 5.75. The summed E-state index contributed by atoms with van der Waals surface area (Å²) < 4.78 is 5.00. The second-order valence-electron chi connectivity index (χ2n) is 2.85. The Morgan fingerprint density at radius 3 is 2.08 bits per heavy atom. The van der Waals surface area contributed by atoms with E-state index in [0.29, 0.717) is 0 Å². The highest BCUT2D eigenvalue weighted by atomic mass is 31.2. The van der Waals surface area contributed by atoms with Crippen LogP contribution in [0.2, 0.25) is 0 Å². The van der Waals surface area contributed by atoms with Crippen molar-refractivity contribution in [3.63, 3.8) is 0 Å². The molecule has 0 atom stereocenters. The summed E-state index contributed by atoms with van der Waals surface area (Å²) >= 11 is 0. The first-order valence-electron chi connectivity index (χ1n) is 4.63. The molecule has 0 saturated carbocycles. The van der Waals surface area contributed by atoms with Crippen LogP contribution in [0, 0.1) is 12.3 Å². The molecule has 0 fully saturated rings. The first-order valence-corrected chi connectivity index (χ1v) is 6.98. The van der Waals surface area contributed by atoms with Crippen LogP contribution in [-0.2, 0) is 4.74 Å². The standard InChI is InChI=1S/C10H18O2P/c1-5-9-12-10(11)13(6-2,7-3)8-4/h1H,6-9H2,2-4H3/q+1. The van der Waals surface area contributed by atoms with Crippen LogP contribution >= 0.6 is 7.26 Å². The molecule has 3 heteroatoms. The third-order valence-corrected chi connectivity index (χ3v) is 7.02. The fraction of sp³-hybridized carbons (Fsp3) is 0.700. The Balaban J connectivity index is 4.37. The van der Waals surface area contributed by atoms with Gasteiger partial charge in [-0.15, -0.1) is 6.42 Å². The van der Waals surface area contributed by atoms with Gasteiger partial charge in [0.05, 0.1) is 18.5 Å². The number of hydrogen-bond acceptors (Lipinski definition) is 2. The van der Waals surface area contributed by atoms with Gasteiger partial charge in [-0.2, -0.15) is 0 Å². The molecule has 0 amide bonds. The smallest absolute Gasteiger partial charge is 0.423 e. The Hall–Kier alpha value is -0.540. The van der Waals surface area contributed by atoms with Crippen molar-refractivity contribution < 1.29 is 9.53 Å². The van der Waals surface area contributed by atoms with E-state index in [4.69, 9.17) is 11.2 Å². The monoisotopic (exact) mass is 201 g/mol. The van der Waals surface area contributed by atoms with Crippen molar-refractivity contribution in [2.75, 3.05) is 25.1 Å². The third-order valence-electron chi connectivity index (χ3n) is 2.48. The summed E-state index contributed by atoms with van der Waals surface area (Å²) in [5.41, 5.74) is -0.0436. The molecular formula is C10H18O2P+. The van der Waals surface area contributed by atoms with Gasteiger partial charge in [0.2, 0.25) is 0 Å². The molecule has 0 aromatic carbocycles. The van der Waals surface area contributed by atoms with Gasteiger partial charge in [0, 0.05) is 0 Å². The van der Waals surface area contributed by atoms with E-state index in [1.807, 2.05) is 0 Å². The van der Waals surface area contributed by atoms with E-state index in [9.17, 15) is 4.79 Å². The van der Waals surface area contributed by atoms with Crippen molar-refractivity contribution in [1.29, 1.82) is 0 Å². The average Bonchev–Trinajstić information content (AvgIpc) is 2.18. The number of rotatable bonds is 5. The molecule has 0 bridgehead atoms. The summed E-state index contributed by atoms with van der Waals surface area (Å²) in [5.74, 6) is 2.32. The molecule has 0 saturated heterocycles. The molecule has 0 aliphatic carbocycles. The number of ether oxygens (including phenoxy) is 1. The van der Waals surface area contributed by atoms with Crippen molar-refractivity contribution in [3.8, 4) is 12.3 Å². The fourth-order valence-electron chi connectivity index (χ4n) is 1.30. The predicted octanol–water partition coefficient (Wildman–Crippen LogP) is 2.83. The molecule has 0 aromatic rings. The molecule has 74 valence electrons. The molecule has 0 radical (unpaired) electrons. The van der Waals surface area contributed by atoms with Crippen LogP contribution in [0.1, 0.15) is 20.8 Å². The van der Waals surface area contributed by atoms with Crippen molar-refractivity contribution >= 4 is 13.0 Å². The van der Waals surface area contributed by atoms with E-state index in [-0.39, 0.29) is 12.3 Å². The number of carbonyl (C=O) groups is 1. The number of terminal acetylenes is 1. The zero-order valence-electron chi connectivity index (χ0n) is 8.67. The normalized spacial score (nSPS) is 10.6. The van der Waals surface area contributed by atoms with Crippen LogP contribution < -0.4 is 0 Å². The molecular weight excluding hydrogens is 183 g/mol. The molecule has 0 unspecified atom stereocenters. The first kappa shape index (κ1) is 12.5. The molecule has 0 aliphatic rings. The molecule has 2 nitrogen and oxygen atoms in total. The molecule has 13 heavy (non-hydrogen) atoms. The molecule has 0 aliphatic heterocycles. The van der Waals surface area contributed by atoms with E-state index in [0.717, 1.165) is 18.5 Å². The van der Waals surface area contributed by atoms with Gasteiger partial charge in [0.1, 0.15) is 7.26 Å². The first-order chi connectivity index (χ1) is 6.16. The minimum Gasteiger partial charge on any atom is -0.423 e. The maximum absolute atomic E-state index is 11.6. The summed E-state index contributed by atoms with van der Waals surface area (Å²) in [5, 5.41) is 0. The highest BCUT2D eigenvalue weighted by molar-refractivity contribution is 7.90. The number of carbonyl (C=O) groups excluding carboxylic acids is 1. The van der Waals surface area contributed by atoms with E-state index in [2.05, 4.69) is 26.7 Å². The summed E-state index contributed by atoms with van der Waals surface area (Å²) in [6.07, 6.45) is 7.79. The van der Waals surface area contributed by atoms with E-state index < -0.39 is 7.26 Å². The Bertz CT molecular complexity index is 193. The SMILES string of the molecule is C#CCOC(=O)[P+](CC)(CC)CC. The molecule has 0 heterocycles. The molecule has 0 rings (SSSR count). The lowest BCUT2D eigenvalue weighted by molar-refractivity contribution is 0.187. The lowest BCUT2D eigenvalue weighted by Gasteiger charge is -2.18. The van der Waals surface area contributed by atoms with Crippen LogP contribution in [0.15, 0.2) is 0 Å². The Morgan fingerprint density at radius 2 is 1.77 bits per heavy atom. The molecule has 0 aromatic heterocycles. The van der Waals surface area contributed by atoms with Crippen molar-refractivity contribution in [2.45, 2.75) is 20.8 Å². The van der Waals surface area contributed by atoms with Gasteiger partial charge in [-0.05, 0) is 20.8 Å². The van der Waals surface area contributed by atoms with Crippen molar-refractivity contribution in [1.82, 2.24) is 0 Å². The highest BCUT2D eigenvalue weighted by Crippen LogP contribution is 2.59. The summed E-state index contributed by atoms with van der Waals surface area (Å²) in [7, 11) is -1.52. The Labute approximate surface area is 81.4 Å². The summed E-state index contributed by atoms with van der Waals surface area (Å²) in [6.45, 7) is 6.27. The van der Waals surface area contributed by atoms with Crippen LogP contribution in [0.25, 0.3) is 0 Å². The fourth-order valence-corrected chi connectivity index (χ4v) is 3.75. The Morgan fingerprint density at radius 1 is 1.31 bits per heavy atom. The van der Waals surface area contributed by atoms with E-state index in [1.54, 1.807) is 0 Å². The largest absolute Gasteiger partial charge is 0.451 e. The zero-order valence-corrected chi connectivity index (χ0v) is 9.56. The highest BCUT2D eigenvalue weighted by Gasteiger charge is 2.42. The molecule has 0 N–H and O–H groups in total. The number of hydrogen-bond donors (Lipinski definition) is 0. The second-order valence-corrected chi connectivity index (χ2v) is 7.41. The van der Waals surface area contributed by atoms with Crippen molar-refractivity contribution in [3.05, 3.63) is 0 Å². The maximum atomic E-state index is 11.6. The van der Waals surface area contributed by atoms with Crippen LogP contribution in [-0.4, -0.2) is 30.8 Å². The summed E-state index contributed by atoms with van der Waals surface area (Å²) in [6, 6.07) is 0. The maximum Gasteiger partial charge on any atom is 0.451 e. The van der Waals surface area contributed by atoms with E-state index in [1.165, 1.54) is 0 Å².